The first kappa shape index (κ1) is 10.5. The standard InChI is InChI=1S/C9H9ClN2O2/c10-8-3-1-7(2-4-8)9(14)12-5-11-6-13/h1-4,6H,5H2,(H,11,13)(H,12,14). The minimum atomic E-state index is -0.254. The van der Waals surface area contributed by atoms with Gasteiger partial charge in [0.25, 0.3) is 5.91 Å². The van der Waals surface area contributed by atoms with E-state index >= 15 is 0 Å². The predicted octanol–water partition coefficient (Wildman–Crippen LogP) is 0.773. The largest absolute Gasteiger partial charge is 0.341 e. The van der Waals surface area contributed by atoms with Crippen molar-refractivity contribution in [2.45, 2.75) is 0 Å². The second kappa shape index (κ2) is 5.24. The molecule has 2 amide bonds. The Morgan fingerprint density at radius 2 is 2.00 bits per heavy atom. The van der Waals surface area contributed by atoms with Crippen LogP contribution < -0.4 is 10.6 Å². The van der Waals surface area contributed by atoms with Crippen LogP contribution in [0.3, 0.4) is 0 Å². The lowest BCUT2D eigenvalue weighted by atomic mass is 10.2. The number of benzene rings is 1. The Kier molecular flexibility index (Phi) is 3.94. The van der Waals surface area contributed by atoms with Crippen LogP contribution in [0.5, 0.6) is 0 Å². The molecule has 0 aliphatic carbocycles. The molecule has 1 aromatic rings. The van der Waals surface area contributed by atoms with Crippen LogP contribution in [0.2, 0.25) is 5.02 Å². The number of carbonyl (C=O) groups is 2. The van der Waals surface area contributed by atoms with E-state index in [2.05, 4.69) is 10.6 Å². The molecule has 0 aliphatic heterocycles. The molecule has 1 aromatic carbocycles. The van der Waals surface area contributed by atoms with Crippen molar-refractivity contribution in [2.24, 2.45) is 0 Å². The van der Waals surface area contributed by atoms with Crippen LogP contribution in [-0.4, -0.2) is 19.0 Å². The SMILES string of the molecule is O=CNCNC(=O)c1ccc(Cl)cc1. The van der Waals surface area contributed by atoms with Crippen molar-refractivity contribution in [3.63, 3.8) is 0 Å². The summed E-state index contributed by atoms with van der Waals surface area (Å²) in [5.74, 6) is -0.254. The number of amides is 2. The summed E-state index contributed by atoms with van der Waals surface area (Å²) in [6, 6.07) is 6.48. The molecule has 0 heterocycles. The monoisotopic (exact) mass is 212 g/mol. The van der Waals surface area contributed by atoms with E-state index in [1.165, 1.54) is 0 Å². The fraction of sp³-hybridized carbons (Fsp3) is 0.111. The van der Waals surface area contributed by atoms with Crippen LogP contribution in [0, 0.1) is 0 Å². The predicted molar refractivity (Wildman–Crippen MR) is 53.0 cm³/mol. The normalized spacial score (nSPS) is 9.21. The molecule has 2 N–H and O–H groups in total. The lowest BCUT2D eigenvalue weighted by Gasteiger charge is -2.03. The molecule has 14 heavy (non-hydrogen) atoms. The zero-order valence-corrected chi connectivity index (χ0v) is 8.04. The van der Waals surface area contributed by atoms with Crippen LogP contribution in [0.25, 0.3) is 0 Å². The summed E-state index contributed by atoms with van der Waals surface area (Å²) in [5, 5.41) is 5.39. The second-order valence-electron chi connectivity index (χ2n) is 2.51. The van der Waals surface area contributed by atoms with Crippen molar-refractivity contribution in [2.75, 3.05) is 6.67 Å². The van der Waals surface area contributed by atoms with Gasteiger partial charge in [0.05, 0.1) is 6.67 Å². The molecule has 0 atom stereocenters. The van der Waals surface area contributed by atoms with Gasteiger partial charge >= 0.3 is 0 Å². The van der Waals surface area contributed by atoms with Gasteiger partial charge in [-0.15, -0.1) is 0 Å². The lowest BCUT2D eigenvalue weighted by Crippen LogP contribution is -2.32. The molecule has 0 unspecified atom stereocenters. The summed E-state index contributed by atoms with van der Waals surface area (Å²) in [4.78, 5) is 21.2. The van der Waals surface area contributed by atoms with E-state index in [9.17, 15) is 9.59 Å². The van der Waals surface area contributed by atoms with Crippen LogP contribution in [0.4, 0.5) is 0 Å². The van der Waals surface area contributed by atoms with Gasteiger partial charge in [0.15, 0.2) is 0 Å². The second-order valence-corrected chi connectivity index (χ2v) is 2.95. The van der Waals surface area contributed by atoms with E-state index in [0.717, 1.165) is 0 Å². The van der Waals surface area contributed by atoms with Gasteiger partial charge in [-0.05, 0) is 24.3 Å². The Hall–Kier alpha value is -1.55. The molecule has 1 rings (SSSR count). The zero-order chi connectivity index (χ0) is 10.4. The van der Waals surface area contributed by atoms with Gasteiger partial charge < -0.3 is 10.6 Å². The minimum Gasteiger partial charge on any atom is -0.341 e. The first-order valence-corrected chi connectivity index (χ1v) is 4.32. The molecule has 5 heteroatoms. The fourth-order valence-electron chi connectivity index (χ4n) is 0.876. The average molecular weight is 213 g/mol. The van der Waals surface area contributed by atoms with E-state index in [1.807, 2.05) is 0 Å². The maximum atomic E-state index is 11.3. The zero-order valence-electron chi connectivity index (χ0n) is 7.29. The van der Waals surface area contributed by atoms with Crippen molar-refractivity contribution >= 4 is 23.9 Å². The highest BCUT2D eigenvalue weighted by Crippen LogP contribution is 2.08. The van der Waals surface area contributed by atoms with Gasteiger partial charge in [-0.25, -0.2) is 0 Å². The molecule has 0 aliphatic rings. The third-order valence-electron chi connectivity index (χ3n) is 1.54. The highest BCUT2D eigenvalue weighted by molar-refractivity contribution is 6.30. The Morgan fingerprint density at radius 1 is 1.36 bits per heavy atom. The third-order valence-corrected chi connectivity index (χ3v) is 1.79. The average Bonchev–Trinajstić information content (AvgIpc) is 2.19. The molecule has 0 fully saturated rings. The summed E-state index contributed by atoms with van der Waals surface area (Å²) in [6.45, 7) is 0.116. The van der Waals surface area contributed by atoms with Crippen molar-refractivity contribution in [1.82, 2.24) is 10.6 Å². The van der Waals surface area contributed by atoms with Gasteiger partial charge in [-0.2, -0.15) is 0 Å². The Bertz CT molecular complexity index is 324. The van der Waals surface area contributed by atoms with Crippen LogP contribution in [0.15, 0.2) is 24.3 Å². The number of hydrogen-bond acceptors (Lipinski definition) is 2. The van der Waals surface area contributed by atoms with E-state index < -0.39 is 0 Å². The van der Waals surface area contributed by atoms with Gasteiger partial charge in [0, 0.05) is 10.6 Å². The molecular weight excluding hydrogens is 204 g/mol. The van der Waals surface area contributed by atoms with E-state index in [-0.39, 0.29) is 12.6 Å². The summed E-state index contributed by atoms with van der Waals surface area (Å²) < 4.78 is 0. The van der Waals surface area contributed by atoms with Crippen LogP contribution in [0.1, 0.15) is 10.4 Å². The summed E-state index contributed by atoms with van der Waals surface area (Å²) >= 11 is 5.65. The number of nitrogens with one attached hydrogen (secondary N) is 2. The summed E-state index contributed by atoms with van der Waals surface area (Å²) in [5.41, 5.74) is 0.502. The highest BCUT2D eigenvalue weighted by atomic mass is 35.5. The molecule has 4 nitrogen and oxygen atoms in total. The maximum Gasteiger partial charge on any atom is 0.252 e. The third kappa shape index (κ3) is 3.06. The summed E-state index contributed by atoms with van der Waals surface area (Å²) in [7, 11) is 0. The van der Waals surface area contributed by atoms with E-state index in [4.69, 9.17) is 11.6 Å². The maximum absolute atomic E-state index is 11.3. The molecule has 74 valence electrons. The number of carbonyl (C=O) groups excluding carboxylic acids is 2. The Balaban J connectivity index is 2.52. The van der Waals surface area contributed by atoms with E-state index in [1.54, 1.807) is 24.3 Å². The highest BCUT2D eigenvalue weighted by Gasteiger charge is 2.02. The van der Waals surface area contributed by atoms with E-state index in [0.29, 0.717) is 17.0 Å². The van der Waals surface area contributed by atoms with Crippen LogP contribution in [-0.2, 0) is 4.79 Å². The van der Waals surface area contributed by atoms with Crippen molar-refractivity contribution in [3.8, 4) is 0 Å². The molecule has 0 saturated carbocycles. The van der Waals surface area contributed by atoms with Crippen molar-refractivity contribution in [1.29, 1.82) is 0 Å². The van der Waals surface area contributed by atoms with Gasteiger partial charge in [0.1, 0.15) is 0 Å². The minimum absolute atomic E-state index is 0.116. The molecule has 0 spiro atoms. The quantitative estimate of drug-likeness (QED) is 0.440. The molecule has 0 radical (unpaired) electrons. The van der Waals surface area contributed by atoms with Gasteiger partial charge in [-0.1, -0.05) is 11.6 Å². The van der Waals surface area contributed by atoms with Gasteiger partial charge in [0.2, 0.25) is 6.41 Å². The first-order valence-electron chi connectivity index (χ1n) is 3.95. The Morgan fingerprint density at radius 3 is 2.57 bits per heavy atom. The Labute approximate surface area is 86.3 Å². The molecule has 0 aromatic heterocycles. The topological polar surface area (TPSA) is 58.2 Å². The van der Waals surface area contributed by atoms with Crippen LogP contribution >= 0.6 is 11.6 Å². The smallest absolute Gasteiger partial charge is 0.252 e. The fourth-order valence-corrected chi connectivity index (χ4v) is 1.00. The number of rotatable bonds is 4. The van der Waals surface area contributed by atoms with Gasteiger partial charge in [-0.3, -0.25) is 9.59 Å². The first-order chi connectivity index (χ1) is 6.74. The summed E-state index contributed by atoms with van der Waals surface area (Å²) in [6.07, 6.45) is 0.516. The molecular formula is C9H9ClN2O2. The van der Waals surface area contributed by atoms with Crippen molar-refractivity contribution in [3.05, 3.63) is 34.9 Å². The van der Waals surface area contributed by atoms with Crippen molar-refractivity contribution < 1.29 is 9.59 Å². The molecule has 0 saturated heterocycles. The lowest BCUT2D eigenvalue weighted by molar-refractivity contribution is -0.109. The number of halogens is 1. The number of hydrogen-bond donors (Lipinski definition) is 2. The molecule has 0 bridgehead atoms.